The van der Waals surface area contributed by atoms with Crippen molar-refractivity contribution in [2.45, 2.75) is 6.54 Å². The number of carbonyl (C=O) groups excluding carboxylic acids is 1. The fourth-order valence-corrected chi connectivity index (χ4v) is 3.01. The number of nitrogens with two attached hydrogens (primary N) is 1. The largest absolute Gasteiger partial charge is 0.493 e. The van der Waals surface area contributed by atoms with Gasteiger partial charge in [-0.1, -0.05) is 6.07 Å². The van der Waals surface area contributed by atoms with Gasteiger partial charge in [-0.15, -0.1) is 0 Å². The highest BCUT2D eigenvalue weighted by atomic mass is 16.5. The van der Waals surface area contributed by atoms with Crippen LogP contribution in [-0.2, 0) is 6.54 Å². The predicted octanol–water partition coefficient (Wildman–Crippen LogP) is 1.03. The fraction of sp³-hybridized carbons (Fsp3) is 0.389. The molecular weight excluding hydrogens is 334 g/mol. The highest BCUT2D eigenvalue weighted by Crippen LogP contribution is 2.28. The summed E-state index contributed by atoms with van der Waals surface area (Å²) < 4.78 is 10.6. The molecule has 1 aromatic heterocycles. The minimum absolute atomic E-state index is 0.165. The second-order valence-electron chi connectivity index (χ2n) is 6.05. The lowest BCUT2D eigenvalue weighted by Gasteiger charge is -2.34. The second kappa shape index (κ2) is 8.01. The number of anilines is 1. The van der Waals surface area contributed by atoms with Gasteiger partial charge in [0.25, 0.3) is 5.91 Å². The molecule has 3 rings (SSSR count). The quantitative estimate of drug-likeness (QED) is 0.854. The summed E-state index contributed by atoms with van der Waals surface area (Å²) in [6.07, 6.45) is 2.96. The Morgan fingerprint density at radius 2 is 1.77 bits per heavy atom. The first kappa shape index (κ1) is 17.9. The number of ether oxygens (including phenoxy) is 2. The van der Waals surface area contributed by atoms with Crippen molar-refractivity contribution in [3.63, 3.8) is 0 Å². The molecule has 1 saturated heterocycles. The van der Waals surface area contributed by atoms with E-state index in [0.29, 0.717) is 18.8 Å². The van der Waals surface area contributed by atoms with Crippen molar-refractivity contribution in [1.82, 2.24) is 19.8 Å². The number of carbonyl (C=O) groups is 1. The van der Waals surface area contributed by atoms with Gasteiger partial charge < -0.3 is 20.1 Å². The number of methoxy groups -OCH3 is 2. The molecule has 0 unspecified atom stereocenters. The van der Waals surface area contributed by atoms with Gasteiger partial charge in [0.05, 0.1) is 14.2 Å². The second-order valence-corrected chi connectivity index (χ2v) is 6.05. The molecule has 1 amide bonds. The zero-order valence-electron chi connectivity index (χ0n) is 15.0. The molecule has 0 spiro atoms. The number of amides is 1. The zero-order valence-corrected chi connectivity index (χ0v) is 15.0. The van der Waals surface area contributed by atoms with Crippen LogP contribution in [0.4, 0.5) is 5.82 Å². The maximum absolute atomic E-state index is 12.5. The number of nitrogens with zero attached hydrogens (tertiary/aromatic N) is 4. The van der Waals surface area contributed by atoms with E-state index in [1.807, 2.05) is 18.2 Å². The highest BCUT2D eigenvalue weighted by Gasteiger charge is 2.24. The van der Waals surface area contributed by atoms with Gasteiger partial charge in [0.1, 0.15) is 0 Å². The minimum Gasteiger partial charge on any atom is -0.493 e. The van der Waals surface area contributed by atoms with Crippen molar-refractivity contribution in [2.75, 3.05) is 46.1 Å². The molecule has 8 nitrogen and oxygen atoms in total. The Morgan fingerprint density at radius 1 is 1.08 bits per heavy atom. The van der Waals surface area contributed by atoms with Crippen LogP contribution in [0, 0.1) is 0 Å². The summed E-state index contributed by atoms with van der Waals surface area (Å²) in [6, 6.07) is 5.92. The molecule has 1 aromatic carbocycles. The maximum atomic E-state index is 12.5. The summed E-state index contributed by atoms with van der Waals surface area (Å²) in [5.74, 6) is 1.44. The van der Waals surface area contributed by atoms with E-state index in [0.717, 1.165) is 30.9 Å². The molecule has 1 fully saturated rings. The predicted molar refractivity (Wildman–Crippen MR) is 97.2 cm³/mol. The summed E-state index contributed by atoms with van der Waals surface area (Å²) in [7, 11) is 3.25. The average molecular weight is 357 g/mol. The van der Waals surface area contributed by atoms with Crippen LogP contribution in [0.15, 0.2) is 30.6 Å². The Bertz CT molecular complexity index is 775. The summed E-state index contributed by atoms with van der Waals surface area (Å²) in [5.41, 5.74) is 7.12. The number of hydrogen-bond donors (Lipinski definition) is 1. The van der Waals surface area contributed by atoms with E-state index < -0.39 is 0 Å². The standard InChI is InChI=1S/C18H23N5O3/c1-25-14-4-3-13(11-15(14)26-2)12-22-7-9-23(10-8-22)18(24)16-17(19)21-6-5-20-16/h3-6,11H,7-10,12H2,1-2H3,(H2,19,21). The Labute approximate surface area is 152 Å². The van der Waals surface area contributed by atoms with E-state index in [1.54, 1.807) is 19.1 Å². The zero-order chi connectivity index (χ0) is 18.5. The number of rotatable bonds is 5. The molecule has 26 heavy (non-hydrogen) atoms. The molecule has 0 saturated carbocycles. The molecule has 138 valence electrons. The number of hydrogen-bond acceptors (Lipinski definition) is 7. The Morgan fingerprint density at radius 3 is 2.42 bits per heavy atom. The lowest BCUT2D eigenvalue weighted by Crippen LogP contribution is -2.48. The lowest BCUT2D eigenvalue weighted by atomic mass is 10.1. The van der Waals surface area contributed by atoms with Crippen molar-refractivity contribution in [3.8, 4) is 11.5 Å². The Hall–Kier alpha value is -2.87. The SMILES string of the molecule is COc1ccc(CN2CCN(C(=O)c3nccnc3N)CC2)cc1OC. The third kappa shape index (κ3) is 3.85. The number of piperazine rings is 1. The first-order valence-corrected chi connectivity index (χ1v) is 8.41. The van der Waals surface area contributed by atoms with E-state index in [9.17, 15) is 4.79 Å². The third-order valence-electron chi connectivity index (χ3n) is 4.44. The molecule has 1 aliphatic rings. The van der Waals surface area contributed by atoms with E-state index in [-0.39, 0.29) is 17.4 Å². The summed E-state index contributed by atoms with van der Waals surface area (Å²) >= 11 is 0. The number of aromatic nitrogens is 2. The van der Waals surface area contributed by atoms with Gasteiger partial charge in [0.2, 0.25) is 0 Å². The average Bonchev–Trinajstić information content (AvgIpc) is 2.68. The smallest absolute Gasteiger partial charge is 0.276 e. The van der Waals surface area contributed by atoms with Gasteiger partial charge in [-0.25, -0.2) is 9.97 Å². The molecule has 0 radical (unpaired) electrons. The van der Waals surface area contributed by atoms with E-state index >= 15 is 0 Å². The van der Waals surface area contributed by atoms with Crippen molar-refractivity contribution in [1.29, 1.82) is 0 Å². The van der Waals surface area contributed by atoms with E-state index in [4.69, 9.17) is 15.2 Å². The van der Waals surface area contributed by atoms with Crippen molar-refractivity contribution < 1.29 is 14.3 Å². The highest BCUT2D eigenvalue weighted by molar-refractivity contribution is 5.96. The minimum atomic E-state index is -0.165. The Balaban J connectivity index is 1.59. The van der Waals surface area contributed by atoms with Gasteiger partial charge in [-0.05, 0) is 17.7 Å². The third-order valence-corrected chi connectivity index (χ3v) is 4.44. The molecule has 2 N–H and O–H groups in total. The number of nitrogen functional groups attached to an aromatic ring is 1. The first-order chi connectivity index (χ1) is 12.6. The van der Waals surface area contributed by atoms with Crippen LogP contribution in [-0.4, -0.2) is 66.1 Å². The van der Waals surface area contributed by atoms with Crippen LogP contribution in [0.5, 0.6) is 11.5 Å². The van der Waals surface area contributed by atoms with Crippen LogP contribution in [0.2, 0.25) is 0 Å². The van der Waals surface area contributed by atoms with Crippen LogP contribution in [0.3, 0.4) is 0 Å². The van der Waals surface area contributed by atoms with Crippen LogP contribution < -0.4 is 15.2 Å². The fourth-order valence-electron chi connectivity index (χ4n) is 3.01. The molecule has 2 aromatic rings. The number of benzene rings is 1. The monoisotopic (exact) mass is 357 g/mol. The summed E-state index contributed by atoms with van der Waals surface area (Å²) in [4.78, 5) is 24.6. The lowest BCUT2D eigenvalue weighted by molar-refractivity contribution is 0.0623. The van der Waals surface area contributed by atoms with E-state index in [1.165, 1.54) is 12.4 Å². The van der Waals surface area contributed by atoms with Gasteiger partial charge in [-0.2, -0.15) is 0 Å². The molecule has 0 bridgehead atoms. The molecule has 8 heteroatoms. The molecular formula is C18H23N5O3. The van der Waals surface area contributed by atoms with Gasteiger partial charge in [-0.3, -0.25) is 9.69 Å². The van der Waals surface area contributed by atoms with Crippen LogP contribution >= 0.6 is 0 Å². The van der Waals surface area contributed by atoms with Gasteiger partial charge >= 0.3 is 0 Å². The molecule has 0 atom stereocenters. The summed E-state index contributed by atoms with van der Waals surface area (Å²) in [5, 5.41) is 0. The van der Waals surface area contributed by atoms with Gasteiger partial charge in [0.15, 0.2) is 23.0 Å². The topological polar surface area (TPSA) is 93.8 Å². The molecule has 0 aliphatic carbocycles. The van der Waals surface area contributed by atoms with Gasteiger partial charge in [0, 0.05) is 45.1 Å². The maximum Gasteiger partial charge on any atom is 0.276 e. The van der Waals surface area contributed by atoms with Crippen LogP contribution in [0.25, 0.3) is 0 Å². The van der Waals surface area contributed by atoms with Crippen molar-refractivity contribution in [2.24, 2.45) is 0 Å². The molecule has 1 aliphatic heterocycles. The van der Waals surface area contributed by atoms with Crippen molar-refractivity contribution >= 4 is 11.7 Å². The first-order valence-electron chi connectivity index (χ1n) is 8.41. The van der Waals surface area contributed by atoms with E-state index in [2.05, 4.69) is 14.9 Å². The molecule has 2 heterocycles. The summed E-state index contributed by atoms with van der Waals surface area (Å²) in [6.45, 7) is 3.60. The van der Waals surface area contributed by atoms with Crippen molar-refractivity contribution in [3.05, 3.63) is 41.9 Å². The van der Waals surface area contributed by atoms with Crippen LogP contribution in [0.1, 0.15) is 16.1 Å². The normalized spacial score (nSPS) is 14.9. The Kier molecular flexibility index (Phi) is 5.52.